The Hall–Kier alpha value is -1.13. The molecular weight excluding hydrogens is 290 g/mol. The van der Waals surface area contributed by atoms with Crippen LogP contribution in [0.4, 0.5) is 0 Å². The first-order chi connectivity index (χ1) is 8.54. The van der Waals surface area contributed by atoms with Gasteiger partial charge in [-0.15, -0.1) is 0 Å². The third-order valence-corrected chi connectivity index (χ3v) is 3.11. The highest BCUT2D eigenvalue weighted by Gasteiger charge is 2.03. The van der Waals surface area contributed by atoms with E-state index in [4.69, 9.17) is 0 Å². The number of nitrogens with zero attached hydrogens (tertiary/aromatic N) is 2. The molecule has 0 aliphatic heterocycles. The summed E-state index contributed by atoms with van der Waals surface area (Å²) in [6.07, 6.45) is 3.93. The van der Waals surface area contributed by atoms with Crippen LogP contribution in [0.5, 0.6) is 0 Å². The number of rotatable bonds is 4. The second-order valence-electron chi connectivity index (χ2n) is 4.79. The fourth-order valence-corrected chi connectivity index (χ4v) is 2.37. The van der Waals surface area contributed by atoms with Crippen molar-refractivity contribution >= 4 is 15.9 Å². The molecule has 18 heavy (non-hydrogen) atoms. The predicted octanol–water partition coefficient (Wildman–Crippen LogP) is 3.44. The molecule has 0 aliphatic carbocycles. The summed E-state index contributed by atoms with van der Waals surface area (Å²) in [5.74, 6) is 0. The van der Waals surface area contributed by atoms with Gasteiger partial charge in [-0.1, -0.05) is 29.8 Å². The normalized spacial score (nSPS) is 11.2. The summed E-state index contributed by atoms with van der Waals surface area (Å²) in [7, 11) is 0. The number of hydrogen-bond donors (Lipinski definition) is 1. The number of aryl methyl sites for hydroxylation is 1. The second kappa shape index (κ2) is 5.67. The summed E-state index contributed by atoms with van der Waals surface area (Å²) < 4.78 is 3.14. The largest absolute Gasteiger partial charge is 0.309 e. The summed E-state index contributed by atoms with van der Waals surface area (Å²) in [6, 6.07) is 6.81. The van der Waals surface area contributed by atoms with Gasteiger partial charge in [-0.05, 0) is 30.7 Å². The molecule has 2 aromatic rings. The molecule has 1 heterocycles. The average molecular weight is 308 g/mol. The zero-order valence-electron chi connectivity index (χ0n) is 10.9. The Kier molecular flexibility index (Phi) is 4.19. The quantitative estimate of drug-likeness (QED) is 0.937. The molecular formula is C14H18BrN3. The molecule has 0 unspecified atom stereocenters. The van der Waals surface area contributed by atoms with Crippen LogP contribution < -0.4 is 5.32 Å². The number of imidazole rings is 1. The first-order valence-corrected chi connectivity index (χ1v) is 6.87. The van der Waals surface area contributed by atoms with Crippen molar-refractivity contribution in [3.63, 3.8) is 0 Å². The molecule has 96 valence electrons. The second-order valence-corrected chi connectivity index (χ2v) is 5.71. The van der Waals surface area contributed by atoms with E-state index in [0.29, 0.717) is 6.04 Å². The molecule has 0 radical (unpaired) electrons. The Labute approximate surface area is 116 Å². The molecule has 3 nitrogen and oxygen atoms in total. The van der Waals surface area contributed by atoms with Crippen LogP contribution in [-0.4, -0.2) is 15.6 Å². The fourth-order valence-electron chi connectivity index (χ4n) is 1.77. The van der Waals surface area contributed by atoms with E-state index in [1.54, 1.807) is 0 Å². The van der Waals surface area contributed by atoms with E-state index in [1.165, 1.54) is 5.56 Å². The summed E-state index contributed by atoms with van der Waals surface area (Å²) in [4.78, 5) is 4.41. The van der Waals surface area contributed by atoms with Crippen molar-refractivity contribution in [3.05, 3.63) is 46.5 Å². The lowest BCUT2D eigenvalue weighted by Crippen LogP contribution is -2.21. The van der Waals surface area contributed by atoms with E-state index in [9.17, 15) is 0 Å². The van der Waals surface area contributed by atoms with Gasteiger partial charge < -0.3 is 9.88 Å². The van der Waals surface area contributed by atoms with Crippen molar-refractivity contribution in [2.24, 2.45) is 0 Å². The first-order valence-electron chi connectivity index (χ1n) is 6.08. The van der Waals surface area contributed by atoms with Gasteiger partial charge >= 0.3 is 0 Å². The molecule has 0 saturated heterocycles. The standard InChI is InChI=1S/C14H18BrN3/c1-10(2)16-7-13-8-18(9-17-13)14-5-11(3)4-12(15)6-14/h4-6,8-10,16H,7H2,1-3H3. The highest BCUT2D eigenvalue weighted by molar-refractivity contribution is 9.10. The molecule has 1 aromatic heterocycles. The van der Waals surface area contributed by atoms with Crippen LogP contribution >= 0.6 is 15.9 Å². The lowest BCUT2D eigenvalue weighted by atomic mass is 10.2. The molecule has 0 aliphatic rings. The zero-order chi connectivity index (χ0) is 13.1. The van der Waals surface area contributed by atoms with Crippen LogP contribution in [-0.2, 0) is 6.54 Å². The Morgan fingerprint density at radius 1 is 1.33 bits per heavy atom. The summed E-state index contributed by atoms with van der Waals surface area (Å²) in [6.45, 7) is 7.16. The number of benzene rings is 1. The van der Waals surface area contributed by atoms with E-state index in [-0.39, 0.29) is 0 Å². The molecule has 4 heteroatoms. The van der Waals surface area contributed by atoms with Crippen LogP contribution in [0.25, 0.3) is 5.69 Å². The van der Waals surface area contributed by atoms with Crippen LogP contribution in [0.15, 0.2) is 35.2 Å². The monoisotopic (exact) mass is 307 g/mol. The topological polar surface area (TPSA) is 29.9 Å². The van der Waals surface area contributed by atoms with Gasteiger partial charge in [0.05, 0.1) is 12.0 Å². The SMILES string of the molecule is Cc1cc(Br)cc(-n2cnc(CNC(C)C)c2)c1. The van der Waals surface area contributed by atoms with Gasteiger partial charge in [-0.25, -0.2) is 4.98 Å². The maximum absolute atomic E-state index is 4.41. The maximum atomic E-state index is 4.41. The van der Waals surface area contributed by atoms with E-state index in [1.807, 2.05) is 6.33 Å². The number of aromatic nitrogens is 2. The summed E-state index contributed by atoms with van der Waals surface area (Å²) >= 11 is 3.52. The van der Waals surface area contributed by atoms with Crippen molar-refractivity contribution < 1.29 is 0 Å². The smallest absolute Gasteiger partial charge is 0.0995 e. The van der Waals surface area contributed by atoms with Gasteiger partial charge in [-0.2, -0.15) is 0 Å². The zero-order valence-corrected chi connectivity index (χ0v) is 12.5. The van der Waals surface area contributed by atoms with Crippen LogP contribution in [0, 0.1) is 6.92 Å². The van der Waals surface area contributed by atoms with Gasteiger partial charge in [0.25, 0.3) is 0 Å². The Morgan fingerprint density at radius 2 is 2.11 bits per heavy atom. The first kappa shape index (κ1) is 13.3. The van der Waals surface area contributed by atoms with E-state index < -0.39 is 0 Å². The van der Waals surface area contributed by atoms with Gasteiger partial charge in [0.2, 0.25) is 0 Å². The third-order valence-electron chi connectivity index (χ3n) is 2.65. The van der Waals surface area contributed by atoms with Crippen molar-refractivity contribution in [1.82, 2.24) is 14.9 Å². The maximum Gasteiger partial charge on any atom is 0.0995 e. The van der Waals surface area contributed by atoms with Crippen LogP contribution in [0.1, 0.15) is 25.1 Å². The van der Waals surface area contributed by atoms with Crippen molar-refractivity contribution in [1.29, 1.82) is 0 Å². The Bertz CT molecular complexity index is 511. The third kappa shape index (κ3) is 3.43. The van der Waals surface area contributed by atoms with E-state index >= 15 is 0 Å². The molecule has 0 saturated carbocycles. The highest BCUT2D eigenvalue weighted by Crippen LogP contribution is 2.18. The van der Waals surface area contributed by atoms with Crippen molar-refractivity contribution in [3.8, 4) is 5.69 Å². The van der Waals surface area contributed by atoms with E-state index in [0.717, 1.165) is 22.4 Å². The molecule has 2 rings (SSSR count). The minimum atomic E-state index is 0.475. The average Bonchev–Trinajstić information content (AvgIpc) is 2.73. The molecule has 0 fully saturated rings. The van der Waals surface area contributed by atoms with Crippen LogP contribution in [0.3, 0.4) is 0 Å². The van der Waals surface area contributed by atoms with Gasteiger partial charge in [-0.3, -0.25) is 0 Å². The lowest BCUT2D eigenvalue weighted by Gasteiger charge is -2.06. The van der Waals surface area contributed by atoms with E-state index in [2.05, 4.69) is 76.0 Å². The van der Waals surface area contributed by atoms with Crippen molar-refractivity contribution in [2.45, 2.75) is 33.4 Å². The summed E-state index contributed by atoms with van der Waals surface area (Å²) in [5, 5.41) is 3.36. The van der Waals surface area contributed by atoms with Crippen LogP contribution in [0.2, 0.25) is 0 Å². The van der Waals surface area contributed by atoms with Gasteiger partial charge in [0.15, 0.2) is 0 Å². The predicted molar refractivity (Wildman–Crippen MR) is 78.0 cm³/mol. The Balaban J connectivity index is 2.18. The molecule has 0 bridgehead atoms. The molecule has 1 aromatic carbocycles. The van der Waals surface area contributed by atoms with Gasteiger partial charge in [0, 0.05) is 28.9 Å². The van der Waals surface area contributed by atoms with Crippen molar-refractivity contribution in [2.75, 3.05) is 0 Å². The molecule has 0 spiro atoms. The Morgan fingerprint density at radius 3 is 2.78 bits per heavy atom. The highest BCUT2D eigenvalue weighted by atomic mass is 79.9. The van der Waals surface area contributed by atoms with Gasteiger partial charge in [0.1, 0.15) is 0 Å². The summed E-state index contributed by atoms with van der Waals surface area (Å²) in [5.41, 5.74) is 3.42. The lowest BCUT2D eigenvalue weighted by molar-refractivity contribution is 0.582. The minimum absolute atomic E-state index is 0.475. The molecule has 1 N–H and O–H groups in total. The number of halogens is 1. The number of hydrogen-bond acceptors (Lipinski definition) is 2. The fraction of sp³-hybridized carbons (Fsp3) is 0.357. The number of nitrogens with one attached hydrogen (secondary N) is 1. The molecule has 0 amide bonds. The molecule has 0 atom stereocenters. The minimum Gasteiger partial charge on any atom is -0.309 e.